The number of nitrogens with one attached hydrogen (secondary N) is 2. The molecule has 0 radical (unpaired) electrons. The van der Waals surface area contributed by atoms with Crippen molar-refractivity contribution in [2.24, 2.45) is 11.8 Å². The summed E-state index contributed by atoms with van der Waals surface area (Å²) in [6.07, 6.45) is 6.58. The molecule has 3 aliphatic rings. The first kappa shape index (κ1) is 20.3. The van der Waals surface area contributed by atoms with E-state index in [1.807, 2.05) is 24.9 Å². The molecule has 2 aliphatic heterocycles. The van der Waals surface area contributed by atoms with E-state index in [9.17, 15) is 9.59 Å². The number of carbonyl (C=O) groups excluding carboxylic acids is 2. The molecule has 1 saturated carbocycles. The van der Waals surface area contributed by atoms with Crippen molar-refractivity contribution in [3.05, 3.63) is 18.2 Å². The molecule has 0 spiro atoms. The number of aromatic amines is 1. The Kier molecular flexibility index (Phi) is 6.20. The average Bonchev–Trinajstić information content (AvgIpc) is 3.08. The van der Waals surface area contributed by atoms with Gasteiger partial charge in [-0.3, -0.25) is 14.5 Å². The highest BCUT2D eigenvalue weighted by molar-refractivity contribution is 5.77. The fourth-order valence-corrected chi connectivity index (χ4v) is 5.00. The van der Waals surface area contributed by atoms with Crippen LogP contribution in [0, 0.1) is 11.8 Å². The van der Waals surface area contributed by atoms with E-state index in [0.29, 0.717) is 38.6 Å². The third kappa shape index (κ3) is 4.64. The molecule has 29 heavy (non-hydrogen) atoms. The third-order valence-corrected chi connectivity index (χ3v) is 6.63. The zero-order valence-electron chi connectivity index (χ0n) is 17.5. The van der Waals surface area contributed by atoms with Crippen molar-refractivity contribution in [2.45, 2.75) is 64.3 Å². The summed E-state index contributed by atoms with van der Waals surface area (Å²) < 4.78 is 6.13. The number of rotatable bonds is 9. The highest BCUT2D eigenvalue weighted by Crippen LogP contribution is 2.42. The molecule has 2 N–H and O–H groups in total. The number of fused-ring (bicyclic) bond motifs is 1. The Morgan fingerprint density at radius 1 is 1.31 bits per heavy atom. The first-order valence-electron chi connectivity index (χ1n) is 11.0. The van der Waals surface area contributed by atoms with Gasteiger partial charge in [0.25, 0.3) is 0 Å². The summed E-state index contributed by atoms with van der Waals surface area (Å²) >= 11 is 0. The van der Waals surface area contributed by atoms with Crippen molar-refractivity contribution in [2.75, 3.05) is 26.2 Å². The number of likely N-dealkylation sites (tertiary alicyclic amines) is 1. The second-order valence-corrected chi connectivity index (χ2v) is 8.56. The maximum atomic E-state index is 12.7. The number of hydrogen-bond donors (Lipinski definition) is 2. The van der Waals surface area contributed by atoms with Gasteiger partial charge in [0, 0.05) is 56.5 Å². The van der Waals surface area contributed by atoms with E-state index in [1.165, 1.54) is 0 Å². The molecule has 3 heterocycles. The topological polar surface area (TPSA) is 90.6 Å². The van der Waals surface area contributed by atoms with Gasteiger partial charge in [-0.2, -0.15) is 0 Å². The zero-order valence-corrected chi connectivity index (χ0v) is 17.5. The van der Waals surface area contributed by atoms with Crippen LogP contribution in [-0.4, -0.2) is 76.0 Å². The molecule has 0 bridgehead atoms. The van der Waals surface area contributed by atoms with Gasteiger partial charge < -0.3 is 19.9 Å². The molecular weight excluding hydrogens is 370 g/mol. The van der Waals surface area contributed by atoms with Crippen LogP contribution in [0.2, 0.25) is 0 Å². The first-order valence-corrected chi connectivity index (χ1v) is 11.0. The van der Waals surface area contributed by atoms with E-state index in [2.05, 4.69) is 20.2 Å². The largest absolute Gasteiger partial charge is 0.376 e. The van der Waals surface area contributed by atoms with Gasteiger partial charge in [0.15, 0.2) is 0 Å². The second kappa shape index (κ2) is 8.83. The Hall–Kier alpha value is -1.93. The van der Waals surface area contributed by atoms with E-state index >= 15 is 0 Å². The summed E-state index contributed by atoms with van der Waals surface area (Å²) in [6.45, 7) is 7.61. The lowest BCUT2D eigenvalue weighted by molar-refractivity contribution is -0.133. The van der Waals surface area contributed by atoms with Crippen molar-refractivity contribution in [1.29, 1.82) is 0 Å². The van der Waals surface area contributed by atoms with Gasteiger partial charge in [0.2, 0.25) is 11.8 Å². The van der Waals surface area contributed by atoms with Crippen LogP contribution in [0.1, 0.15) is 45.4 Å². The molecule has 0 unspecified atom stereocenters. The summed E-state index contributed by atoms with van der Waals surface area (Å²) in [5, 5.41) is 3.12. The fourth-order valence-electron chi connectivity index (χ4n) is 5.00. The van der Waals surface area contributed by atoms with E-state index in [4.69, 9.17) is 4.74 Å². The zero-order chi connectivity index (χ0) is 20.4. The van der Waals surface area contributed by atoms with Gasteiger partial charge in [0.05, 0.1) is 25.7 Å². The van der Waals surface area contributed by atoms with Crippen molar-refractivity contribution in [3.63, 3.8) is 0 Å². The van der Waals surface area contributed by atoms with Gasteiger partial charge in [0.1, 0.15) is 5.82 Å². The predicted molar refractivity (Wildman–Crippen MR) is 108 cm³/mol. The summed E-state index contributed by atoms with van der Waals surface area (Å²) in [4.78, 5) is 37.0. The predicted octanol–water partition coefficient (Wildman–Crippen LogP) is 1.15. The second-order valence-electron chi connectivity index (χ2n) is 8.56. The van der Waals surface area contributed by atoms with E-state index in [-0.39, 0.29) is 35.8 Å². The van der Waals surface area contributed by atoms with Crippen LogP contribution in [0.15, 0.2) is 12.4 Å². The van der Waals surface area contributed by atoms with Crippen LogP contribution in [-0.2, 0) is 20.9 Å². The van der Waals surface area contributed by atoms with Crippen molar-refractivity contribution in [1.82, 2.24) is 25.1 Å². The van der Waals surface area contributed by atoms with Crippen LogP contribution in [0.4, 0.5) is 0 Å². The quantitative estimate of drug-likeness (QED) is 0.646. The normalized spacial score (nSPS) is 29.0. The maximum absolute atomic E-state index is 12.7. The molecular formula is C21H33N5O3. The molecule has 8 nitrogen and oxygen atoms in total. The van der Waals surface area contributed by atoms with Crippen LogP contribution < -0.4 is 5.32 Å². The fraction of sp³-hybridized carbons (Fsp3) is 0.762. The van der Waals surface area contributed by atoms with Crippen LogP contribution in [0.5, 0.6) is 0 Å². The van der Waals surface area contributed by atoms with Crippen LogP contribution in [0.25, 0.3) is 0 Å². The van der Waals surface area contributed by atoms with E-state index < -0.39 is 0 Å². The lowest BCUT2D eigenvalue weighted by Gasteiger charge is -2.26. The number of amides is 2. The lowest BCUT2D eigenvalue weighted by Crippen LogP contribution is -2.37. The Morgan fingerprint density at radius 3 is 2.76 bits per heavy atom. The summed E-state index contributed by atoms with van der Waals surface area (Å²) in [6, 6.07) is 0.604. The molecule has 4 atom stereocenters. The number of carbonyl (C=O) groups is 2. The summed E-state index contributed by atoms with van der Waals surface area (Å²) in [5.74, 6) is 1.61. The molecule has 1 aromatic heterocycles. The van der Waals surface area contributed by atoms with E-state index in [0.717, 1.165) is 31.8 Å². The SMILES string of the molecule is CCN(CC)C(=O)C[C@@H]1OC[C@@H]2[C@H]1[C@H](CC(=O)NC1CC1)CN2Cc1ncc[nH]1. The number of imidazole rings is 1. The minimum atomic E-state index is -0.117. The molecule has 0 aromatic carbocycles. The van der Waals surface area contributed by atoms with Crippen molar-refractivity contribution in [3.8, 4) is 0 Å². The number of hydrogen-bond acceptors (Lipinski definition) is 5. The van der Waals surface area contributed by atoms with Gasteiger partial charge in [-0.05, 0) is 32.6 Å². The highest BCUT2D eigenvalue weighted by atomic mass is 16.5. The van der Waals surface area contributed by atoms with Crippen molar-refractivity contribution < 1.29 is 14.3 Å². The Labute approximate surface area is 172 Å². The van der Waals surface area contributed by atoms with E-state index in [1.54, 1.807) is 6.20 Å². The summed E-state index contributed by atoms with van der Waals surface area (Å²) in [5.41, 5.74) is 0. The van der Waals surface area contributed by atoms with Crippen LogP contribution >= 0.6 is 0 Å². The molecule has 4 rings (SSSR count). The number of nitrogens with zero attached hydrogens (tertiary/aromatic N) is 3. The Bertz CT molecular complexity index is 701. The smallest absolute Gasteiger partial charge is 0.225 e. The molecule has 1 aliphatic carbocycles. The molecule has 160 valence electrons. The van der Waals surface area contributed by atoms with Gasteiger partial charge in [-0.15, -0.1) is 0 Å². The average molecular weight is 404 g/mol. The monoisotopic (exact) mass is 403 g/mol. The number of aromatic nitrogens is 2. The Morgan fingerprint density at radius 2 is 2.10 bits per heavy atom. The van der Waals surface area contributed by atoms with Crippen LogP contribution in [0.3, 0.4) is 0 Å². The molecule has 2 saturated heterocycles. The Balaban J connectivity index is 1.45. The standard InChI is InChI=1S/C21H33N5O3/c1-3-25(4-2)20(28)10-17-21-14(9-19(27)24-15-5-6-15)11-26(16(21)13-29-17)12-18-22-7-8-23-18/h7-8,14-17,21H,3-6,9-13H2,1-2H3,(H,22,23)(H,24,27)/t14-,16-,17+,21-/m1/s1. The minimum absolute atomic E-state index is 0.117. The molecule has 1 aromatic rings. The highest BCUT2D eigenvalue weighted by Gasteiger charge is 2.51. The molecule has 2 amide bonds. The summed E-state index contributed by atoms with van der Waals surface area (Å²) in [7, 11) is 0. The van der Waals surface area contributed by atoms with Gasteiger partial charge in [-0.1, -0.05) is 0 Å². The molecule has 8 heteroatoms. The first-order chi connectivity index (χ1) is 14.1. The third-order valence-electron chi connectivity index (χ3n) is 6.63. The van der Waals surface area contributed by atoms with Gasteiger partial charge >= 0.3 is 0 Å². The van der Waals surface area contributed by atoms with Crippen molar-refractivity contribution >= 4 is 11.8 Å². The maximum Gasteiger partial charge on any atom is 0.225 e. The molecule has 3 fully saturated rings. The van der Waals surface area contributed by atoms with Gasteiger partial charge in [-0.25, -0.2) is 4.98 Å². The number of H-pyrrole nitrogens is 1. The lowest BCUT2D eigenvalue weighted by atomic mass is 9.84. The minimum Gasteiger partial charge on any atom is -0.376 e. The number of ether oxygens (including phenoxy) is 1.